The van der Waals surface area contributed by atoms with E-state index < -0.39 is 0 Å². The van der Waals surface area contributed by atoms with Gasteiger partial charge in [-0.15, -0.1) is 0 Å². The van der Waals surface area contributed by atoms with Gasteiger partial charge in [0.25, 0.3) is 0 Å². The van der Waals surface area contributed by atoms with E-state index in [-0.39, 0.29) is 4.83 Å². The van der Waals surface area contributed by atoms with Gasteiger partial charge in [0, 0.05) is 9.85 Å². The molecular formula is C17H18BrCl. The van der Waals surface area contributed by atoms with Crippen molar-refractivity contribution in [1.29, 1.82) is 0 Å². The number of aryl methyl sites for hydroxylation is 3. The highest BCUT2D eigenvalue weighted by Gasteiger charge is 2.12. The summed E-state index contributed by atoms with van der Waals surface area (Å²) in [7, 11) is 0. The Bertz CT molecular complexity index is 590. The van der Waals surface area contributed by atoms with Crippen LogP contribution in [0.5, 0.6) is 0 Å². The molecule has 2 aromatic rings. The average Bonchev–Trinajstić information content (AvgIpc) is 2.33. The van der Waals surface area contributed by atoms with Crippen LogP contribution in [0.15, 0.2) is 36.4 Å². The van der Waals surface area contributed by atoms with Crippen LogP contribution >= 0.6 is 27.5 Å². The standard InChI is InChI=1S/C17H18BrCl/c1-11-4-7-15(17(19)8-11)16(18)10-14-6-5-12(2)13(3)9-14/h4-9,16H,10H2,1-3H3. The Kier molecular flexibility index (Phi) is 4.70. The molecule has 2 heteroatoms. The summed E-state index contributed by atoms with van der Waals surface area (Å²) in [5.74, 6) is 0. The average molecular weight is 338 g/mol. The number of rotatable bonds is 3. The largest absolute Gasteiger partial charge is 0.0840 e. The van der Waals surface area contributed by atoms with Crippen LogP contribution in [0, 0.1) is 20.8 Å². The maximum absolute atomic E-state index is 6.32. The third-order valence-corrected chi connectivity index (χ3v) is 4.62. The summed E-state index contributed by atoms with van der Waals surface area (Å²) in [5, 5.41) is 0.839. The first kappa shape index (κ1) is 14.6. The van der Waals surface area contributed by atoms with Crippen LogP contribution in [0.25, 0.3) is 0 Å². The van der Waals surface area contributed by atoms with Crippen LogP contribution in [-0.4, -0.2) is 0 Å². The molecule has 0 bridgehead atoms. The lowest BCUT2D eigenvalue weighted by Crippen LogP contribution is -1.97. The summed E-state index contributed by atoms with van der Waals surface area (Å²) in [5.41, 5.74) is 6.36. The van der Waals surface area contributed by atoms with Gasteiger partial charge >= 0.3 is 0 Å². The van der Waals surface area contributed by atoms with E-state index in [9.17, 15) is 0 Å². The molecule has 100 valence electrons. The van der Waals surface area contributed by atoms with Gasteiger partial charge in [0.15, 0.2) is 0 Å². The maximum atomic E-state index is 6.32. The Balaban J connectivity index is 2.20. The van der Waals surface area contributed by atoms with E-state index in [1.54, 1.807) is 0 Å². The molecule has 0 aliphatic rings. The van der Waals surface area contributed by atoms with Crippen molar-refractivity contribution in [2.75, 3.05) is 0 Å². The van der Waals surface area contributed by atoms with Crippen molar-refractivity contribution in [2.45, 2.75) is 32.0 Å². The minimum absolute atomic E-state index is 0.253. The third-order valence-electron chi connectivity index (χ3n) is 3.48. The topological polar surface area (TPSA) is 0 Å². The fourth-order valence-corrected chi connectivity index (χ4v) is 3.41. The highest BCUT2D eigenvalue weighted by atomic mass is 79.9. The predicted octanol–water partition coefficient (Wildman–Crippen LogP) is 5.94. The van der Waals surface area contributed by atoms with Crippen LogP contribution in [0.4, 0.5) is 0 Å². The summed E-state index contributed by atoms with van der Waals surface area (Å²) in [6, 6.07) is 12.9. The molecule has 0 fully saturated rings. The van der Waals surface area contributed by atoms with Crippen LogP contribution in [0.1, 0.15) is 32.6 Å². The van der Waals surface area contributed by atoms with E-state index in [0.29, 0.717) is 0 Å². The molecule has 0 nitrogen and oxygen atoms in total. The molecule has 2 aromatic carbocycles. The van der Waals surface area contributed by atoms with Crippen molar-refractivity contribution < 1.29 is 0 Å². The lowest BCUT2D eigenvalue weighted by Gasteiger charge is -2.13. The summed E-state index contributed by atoms with van der Waals surface area (Å²) >= 11 is 10.1. The SMILES string of the molecule is Cc1ccc(C(Br)Cc2ccc(C)c(C)c2)c(Cl)c1. The molecule has 0 saturated carbocycles. The first-order valence-electron chi connectivity index (χ1n) is 6.43. The van der Waals surface area contributed by atoms with E-state index >= 15 is 0 Å². The van der Waals surface area contributed by atoms with E-state index in [1.165, 1.54) is 22.3 Å². The third kappa shape index (κ3) is 3.61. The van der Waals surface area contributed by atoms with E-state index in [1.807, 2.05) is 6.07 Å². The van der Waals surface area contributed by atoms with Gasteiger partial charge < -0.3 is 0 Å². The molecule has 0 aromatic heterocycles. The normalized spacial score (nSPS) is 12.5. The molecule has 1 atom stereocenters. The molecule has 0 aliphatic carbocycles. The monoisotopic (exact) mass is 336 g/mol. The Labute approximate surface area is 128 Å². The second-order valence-corrected chi connectivity index (χ2v) is 6.63. The molecular weight excluding hydrogens is 320 g/mol. The molecule has 0 radical (unpaired) electrons. The van der Waals surface area contributed by atoms with Crippen molar-refractivity contribution >= 4 is 27.5 Å². The predicted molar refractivity (Wildman–Crippen MR) is 87.5 cm³/mol. The van der Waals surface area contributed by atoms with E-state index in [4.69, 9.17) is 11.6 Å². The highest BCUT2D eigenvalue weighted by molar-refractivity contribution is 9.09. The highest BCUT2D eigenvalue weighted by Crippen LogP contribution is 2.33. The van der Waals surface area contributed by atoms with Crippen molar-refractivity contribution in [1.82, 2.24) is 0 Å². The molecule has 2 rings (SSSR count). The Morgan fingerprint density at radius 2 is 1.74 bits per heavy atom. The Morgan fingerprint density at radius 1 is 1.00 bits per heavy atom. The number of benzene rings is 2. The molecule has 1 unspecified atom stereocenters. The van der Waals surface area contributed by atoms with Gasteiger partial charge in [-0.1, -0.05) is 57.9 Å². The molecule has 0 N–H and O–H groups in total. The van der Waals surface area contributed by atoms with Gasteiger partial charge in [-0.25, -0.2) is 0 Å². The van der Waals surface area contributed by atoms with Gasteiger partial charge in [-0.2, -0.15) is 0 Å². The fourth-order valence-electron chi connectivity index (χ4n) is 2.13. The summed E-state index contributed by atoms with van der Waals surface area (Å²) in [6.07, 6.45) is 0.948. The Morgan fingerprint density at radius 3 is 2.37 bits per heavy atom. The molecule has 0 aliphatic heterocycles. The van der Waals surface area contributed by atoms with Crippen molar-refractivity contribution in [3.8, 4) is 0 Å². The summed E-state index contributed by atoms with van der Waals surface area (Å²) < 4.78 is 0. The lowest BCUT2D eigenvalue weighted by molar-refractivity contribution is 0.945. The molecule has 19 heavy (non-hydrogen) atoms. The summed E-state index contributed by atoms with van der Waals surface area (Å²) in [6.45, 7) is 6.35. The van der Waals surface area contributed by atoms with E-state index in [0.717, 1.165) is 17.0 Å². The first-order valence-corrected chi connectivity index (χ1v) is 7.73. The maximum Gasteiger partial charge on any atom is 0.0452 e. The molecule has 0 spiro atoms. The van der Waals surface area contributed by atoms with Gasteiger partial charge in [0.1, 0.15) is 0 Å². The zero-order valence-corrected chi connectivity index (χ0v) is 13.8. The fraction of sp³-hybridized carbons (Fsp3) is 0.294. The number of alkyl halides is 1. The lowest BCUT2D eigenvalue weighted by atomic mass is 10.00. The first-order chi connectivity index (χ1) is 8.97. The van der Waals surface area contributed by atoms with Crippen molar-refractivity contribution in [2.24, 2.45) is 0 Å². The zero-order chi connectivity index (χ0) is 14.0. The van der Waals surface area contributed by atoms with Crippen molar-refractivity contribution in [3.63, 3.8) is 0 Å². The number of hydrogen-bond acceptors (Lipinski definition) is 0. The quantitative estimate of drug-likeness (QED) is 0.608. The van der Waals surface area contributed by atoms with Crippen LogP contribution in [0.3, 0.4) is 0 Å². The summed E-state index contributed by atoms with van der Waals surface area (Å²) in [4.78, 5) is 0.253. The van der Waals surface area contributed by atoms with Crippen LogP contribution < -0.4 is 0 Å². The molecule has 0 saturated heterocycles. The molecule has 0 amide bonds. The minimum Gasteiger partial charge on any atom is -0.0840 e. The second-order valence-electron chi connectivity index (χ2n) is 5.12. The van der Waals surface area contributed by atoms with Gasteiger partial charge in [-0.3, -0.25) is 0 Å². The van der Waals surface area contributed by atoms with E-state index in [2.05, 4.69) is 67.0 Å². The van der Waals surface area contributed by atoms with Gasteiger partial charge in [0.2, 0.25) is 0 Å². The van der Waals surface area contributed by atoms with Crippen molar-refractivity contribution in [3.05, 3.63) is 69.2 Å². The zero-order valence-electron chi connectivity index (χ0n) is 11.5. The van der Waals surface area contributed by atoms with Gasteiger partial charge in [0.05, 0.1) is 0 Å². The second kappa shape index (κ2) is 6.11. The molecule has 0 heterocycles. The Hall–Kier alpha value is -0.790. The van der Waals surface area contributed by atoms with Crippen LogP contribution in [-0.2, 0) is 6.42 Å². The number of hydrogen-bond donors (Lipinski definition) is 0. The van der Waals surface area contributed by atoms with Gasteiger partial charge in [-0.05, 0) is 61.1 Å². The smallest absolute Gasteiger partial charge is 0.0452 e. The number of halogens is 2. The van der Waals surface area contributed by atoms with Crippen LogP contribution in [0.2, 0.25) is 5.02 Å². The minimum atomic E-state index is 0.253.